The quantitative estimate of drug-likeness (QED) is 0.587. The minimum absolute atomic E-state index is 0.783. The molecule has 2 aromatic carbocycles. The molecule has 0 aliphatic heterocycles. The Labute approximate surface area is 135 Å². The Bertz CT molecular complexity index is 640. The monoisotopic (exact) mass is 292 g/mol. The van der Waals surface area contributed by atoms with Crippen molar-refractivity contribution in [1.82, 2.24) is 0 Å². The predicted molar refractivity (Wildman–Crippen MR) is 96.5 cm³/mol. The van der Waals surface area contributed by atoms with E-state index in [0.29, 0.717) is 0 Å². The first-order valence-corrected chi connectivity index (χ1v) is 8.73. The summed E-state index contributed by atoms with van der Waals surface area (Å²) in [7, 11) is 0. The highest BCUT2D eigenvalue weighted by Crippen LogP contribution is 2.36. The van der Waals surface area contributed by atoms with E-state index in [1.165, 1.54) is 59.1 Å². The van der Waals surface area contributed by atoms with Crippen molar-refractivity contribution >= 4 is 0 Å². The molecular formula is C22H28. The van der Waals surface area contributed by atoms with Gasteiger partial charge >= 0.3 is 0 Å². The molecule has 0 aromatic heterocycles. The van der Waals surface area contributed by atoms with Crippen LogP contribution in [0.15, 0.2) is 36.4 Å². The maximum absolute atomic E-state index is 2.39. The summed E-state index contributed by atoms with van der Waals surface area (Å²) in [6.45, 7) is 9.06. The summed E-state index contributed by atoms with van der Waals surface area (Å²) >= 11 is 0. The number of aryl methyl sites for hydroxylation is 1. The van der Waals surface area contributed by atoms with Gasteiger partial charge in [-0.25, -0.2) is 0 Å². The van der Waals surface area contributed by atoms with Gasteiger partial charge in [-0.3, -0.25) is 0 Å². The number of hydrogen-bond acceptors (Lipinski definition) is 0. The van der Waals surface area contributed by atoms with E-state index in [4.69, 9.17) is 0 Å². The van der Waals surface area contributed by atoms with Gasteiger partial charge in [0.2, 0.25) is 0 Å². The molecule has 22 heavy (non-hydrogen) atoms. The zero-order valence-corrected chi connectivity index (χ0v) is 14.4. The van der Waals surface area contributed by atoms with E-state index >= 15 is 0 Å². The van der Waals surface area contributed by atoms with Crippen LogP contribution in [0, 0.1) is 26.7 Å². The molecule has 0 N–H and O–H groups in total. The van der Waals surface area contributed by atoms with Crippen LogP contribution in [0.4, 0.5) is 0 Å². The zero-order valence-electron chi connectivity index (χ0n) is 14.4. The van der Waals surface area contributed by atoms with Crippen LogP contribution in [0.5, 0.6) is 0 Å². The lowest BCUT2D eigenvalue weighted by Crippen LogP contribution is -2.10. The molecule has 0 unspecified atom stereocenters. The Hall–Kier alpha value is -1.56. The van der Waals surface area contributed by atoms with Gasteiger partial charge in [0.25, 0.3) is 0 Å². The van der Waals surface area contributed by atoms with Crippen LogP contribution >= 0.6 is 0 Å². The third-order valence-electron chi connectivity index (χ3n) is 5.77. The summed E-state index contributed by atoms with van der Waals surface area (Å²) in [5.41, 5.74) is 8.49. The van der Waals surface area contributed by atoms with E-state index in [2.05, 4.69) is 64.1 Å². The number of rotatable bonds is 2. The van der Waals surface area contributed by atoms with Crippen molar-refractivity contribution in [3.8, 4) is 11.1 Å². The Kier molecular flexibility index (Phi) is 4.38. The van der Waals surface area contributed by atoms with Gasteiger partial charge in [-0.2, -0.15) is 0 Å². The topological polar surface area (TPSA) is 0 Å². The average Bonchev–Trinajstić information content (AvgIpc) is 2.54. The maximum Gasteiger partial charge on any atom is -0.0152 e. The van der Waals surface area contributed by atoms with Crippen molar-refractivity contribution in [3.63, 3.8) is 0 Å². The summed E-state index contributed by atoms with van der Waals surface area (Å²) in [6, 6.07) is 13.9. The lowest BCUT2D eigenvalue weighted by Gasteiger charge is -2.26. The molecule has 1 saturated carbocycles. The second kappa shape index (κ2) is 6.28. The van der Waals surface area contributed by atoms with Crippen LogP contribution in [0.25, 0.3) is 11.1 Å². The van der Waals surface area contributed by atoms with Gasteiger partial charge in [-0.1, -0.05) is 56.2 Å². The molecule has 0 radical (unpaired) electrons. The molecular weight excluding hydrogens is 264 g/mol. The van der Waals surface area contributed by atoms with E-state index in [1.54, 1.807) is 0 Å². The third kappa shape index (κ3) is 2.97. The van der Waals surface area contributed by atoms with Gasteiger partial charge in [-0.15, -0.1) is 0 Å². The highest BCUT2D eigenvalue weighted by Gasteiger charge is 2.19. The Balaban J connectivity index is 1.84. The van der Waals surface area contributed by atoms with Crippen molar-refractivity contribution in [1.29, 1.82) is 0 Å². The summed E-state index contributed by atoms with van der Waals surface area (Å²) in [6.07, 6.45) is 5.51. The number of hydrogen-bond donors (Lipinski definition) is 0. The van der Waals surface area contributed by atoms with E-state index in [9.17, 15) is 0 Å². The van der Waals surface area contributed by atoms with Crippen molar-refractivity contribution in [2.45, 2.75) is 59.3 Å². The van der Waals surface area contributed by atoms with Crippen molar-refractivity contribution in [2.24, 2.45) is 5.92 Å². The molecule has 1 fully saturated rings. The summed E-state index contributed by atoms with van der Waals surface area (Å²) < 4.78 is 0. The molecule has 0 saturated heterocycles. The van der Waals surface area contributed by atoms with E-state index < -0.39 is 0 Å². The standard InChI is InChI=1S/C22H28/c1-15-5-8-19(9-6-15)20-10-12-21(13-11-20)22-14-7-16(2)17(3)18(22)4/h7,10-15,19H,5-6,8-9H2,1-4H3. The fraction of sp³-hybridized carbons (Fsp3) is 0.455. The maximum atomic E-state index is 2.39. The minimum atomic E-state index is 0.783. The summed E-state index contributed by atoms with van der Waals surface area (Å²) in [4.78, 5) is 0. The number of benzene rings is 2. The normalized spacial score (nSPS) is 21.8. The molecule has 2 aromatic rings. The fourth-order valence-corrected chi connectivity index (χ4v) is 3.80. The Morgan fingerprint density at radius 2 is 1.36 bits per heavy atom. The van der Waals surface area contributed by atoms with Crippen LogP contribution in [0.2, 0.25) is 0 Å². The Morgan fingerprint density at radius 1 is 0.727 bits per heavy atom. The molecule has 0 heterocycles. The van der Waals surface area contributed by atoms with E-state index in [0.717, 1.165) is 11.8 Å². The molecule has 0 bridgehead atoms. The van der Waals surface area contributed by atoms with Crippen LogP contribution < -0.4 is 0 Å². The summed E-state index contributed by atoms with van der Waals surface area (Å²) in [5.74, 6) is 1.71. The molecule has 1 aliphatic carbocycles. The van der Waals surface area contributed by atoms with Gasteiger partial charge in [0.05, 0.1) is 0 Å². The van der Waals surface area contributed by atoms with E-state index in [-0.39, 0.29) is 0 Å². The Morgan fingerprint density at radius 3 is 2.00 bits per heavy atom. The molecule has 0 heteroatoms. The zero-order chi connectivity index (χ0) is 15.7. The molecule has 116 valence electrons. The van der Waals surface area contributed by atoms with Gasteiger partial charge in [0, 0.05) is 0 Å². The predicted octanol–water partition coefficient (Wildman–Crippen LogP) is 6.57. The first-order chi connectivity index (χ1) is 10.6. The summed E-state index contributed by atoms with van der Waals surface area (Å²) in [5, 5.41) is 0. The molecule has 0 amide bonds. The molecule has 0 nitrogen and oxygen atoms in total. The highest BCUT2D eigenvalue weighted by molar-refractivity contribution is 5.69. The van der Waals surface area contributed by atoms with Crippen molar-refractivity contribution < 1.29 is 0 Å². The fourth-order valence-electron chi connectivity index (χ4n) is 3.80. The third-order valence-corrected chi connectivity index (χ3v) is 5.77. The second-order valence-corrected chi connectivity index (χ2v) is 7.26. The highest BCUT2D eigenvalue weighted by atomic mass is 14.2. The lowest BCUT2D eigenvalue weighted by molar-refractivity contribution is 0.348. The smallest absolute Gasteiger partial charge is 0.0152 e. The molecule has 0 atom stereocenters. The largest absolute Gasteiger partial charge is 0.0625 e. The SMILES string of the molecule is Cc1ccc(-c2ccc(C3CCC(C)CC3)cc2)c(C)c1C. The molecule has 0 spiro atoms. The van der Waals surface area contributed by atoms with Crippen LogP contribution in [-0.2, 0) is 0 Å². The average molecular weight is 292 g/mol. The van der Waals surface area contributed by atoms with Crippen LogP contribution in [0.1, 0.15) is 60.8 Å². The van der Waals surface area contributed by atoms with Crippen LogP contribution in [0.3, 0.4) is 0 Å². The van der Waals surface area contributed by atoms with E-state index in [1.807, 2.05) is 0 Å². The van der Waals surface area contributed by atoms with Crippen LogP contribution in [-0.4, -0.2) is 0 Å². The van der Waals surface area contributed by atoms with Gasteiger partial charge in [0.1, 0.15) is 0 Å². The molecule has 3 rings (SSSR count). The van der Waals surface area contributed by atoms with Crippen molar-refractivity contribution in [2.75, 3.05) is 0 Å². The lowest BCUT2D eigenvalue weighted by atomic mass is 9.79. The second-order valence-electron chi connectivity index (χ2n) is 7.26. The first kappa shape index (κ1) is 15.3. The van der Waals surface area contributed by atoms with Gasteiger partial charge < -0.3 is 0 Å². The van der Waals surface area contributed by atoms with Gasteiger partial charge in [-0.05, 0) is 78.8 Å². The first-order valence-electron chi connectivity index (χ1n) is 8.73. The minimum Gasteiger partial charge on any atom is -0.0625 e. The van der Waals surface area contributed by atoms with Gasteiger partial charge in [0.15, 0.2) is 0 Å². The van der Waals surface area contributed by atoms with Crippen molar-refractivity contribution in [3.05, 3.63) is 58.7 Å². The molecule has 1 aliphatic rings.